The van der Waals surface area contributed by atoms with Gasteiger partial charge in [-0.05, 0) is 19.8 Å². The molecule has 1 aliphatic rings. The summed E-state index contributed by atoms with van der Waals surface area (Å²) in [6.45, 7) is 1.49. The fourth-order valence-corrected chi connectivity index (χ4v) is 2.06. The predicted octanol–water partition coefficient (Wildman–Crippen LogP) is 3.59. The lowest BCUT2D eigenvalue weighted by Gasteiger charge is -2.09. The third-order valence-electron chi connectivity index (χ3n) is 3.29. The van der Waals surface area contributed by atoms with Gasteiger partial charge in [0.25, 0.3) is 0 Å². The van der Waals surface area contributed by atoms with Crippen LogP contribution in [0.15, 0.2) is 16.6 Å². The maximum atomic E-state index is 14.2. The summed E-state index contributed by atoms with van der Waals surface area (Å²) >= 11 is 5.42. The van der Waals surface area contributed by atoms with E-state index in [-0.39, 0.29) is 12.6 Å². The van der Waals surface area contributed by atoms with Gasteiger partial charge in [-0.1, -0.05) is 11.6 Å². The van der Waals surface area contributed by atoms with E-state index in [2.05, 4.69) is 4.99 Å². The van der Waals surface area contributed by atoms with Crippen LogP contribution in [-0.4, -0.2) is 34.9 Å². The molecule has 1 fully saturated rings. The number of rotatable bonds is 6. The molecule has 0 heterocycles. The molecule has 10 heteroatoms. The van der Waals surface area contributed by atoms with Gasteiger partial charge >= 0.3 is 11.7 Å². The number of ether oxygens (including phenoxy) is 1. The van der Waals surface area contributed by atoms with E-state index < -0.39 is 50.1 Å². The molecule has 0 aliphatic heterocycles. The van der Waals surface area contributed by atoms with Crippen molar-refractivity contribution in [2.45, 2.75) is 25.8 Å². The van der Waals surface area contributed by atoms with E-state index in [0.717, 1.165) is 19.1 Å². The van der Waals surface area contributed by atoms with E-state index in [1.165, 1.54) is 6.92 Å². The molecule has 0 radical (unpaired) electrons. The molecule has 134 valence electrons. The van der Waals surface area contributed by atoms with Crippen LogP contribution in [0.3, 0.4) is 0 Å². The van der Waals surface area contributed by atoms with Crippen LogP contribution in [0.25, 0.3) is 5.76 Å². The molecular weight excluding hydrogens is 362 g/mol. The first-order valence-electron chi connectivity index (χ1n) is 7.23. The number of carbonyl (C=O) groups is 1. The second-order valence-corrected chi connectivity index (χ2v) is 5.51. The Bertz CT molecular complexity index is 791. The zero-order valence-corrected chi connectivity index (χ0v) is 13.7. The minimum Gasteiger partial charge on any atom is -0.506 e. The van der Waals surface area contributed by atoms with Gasteiger partial charge in [-0.3, -0.25) is 15.1 Å². The molecule has 1 saturated carbocycles. The van der Waals surface area contributed by atoms with Gasteiger partial charge in [-0.2, -0.15) is 4.39 Å². The fraction of sp³-hybridized carbons (Fsp3) is 0.333. The maximum absolute atomic E-state index is 14.2. The van der Waals surface area contributed by atoms with Gasteiger partial charge < -0.3 is 9.84 Å². The summed E-state index contributed by atoms with van der Waals surface area (Å²) in [5.74, 6) is -5.01. The van der Waals surface area contributed by atoms with E-state index in [0.29, 0.717) is 6.07 Å². The summed E-state index contributed by atoms with van der Waals surface area (Å²) in [6.07, 6.45) is 2.61. The molecule has 1 aromatic carbocycles. The summed E-state index contributed by atoms with van der Waals surface area (Å²) < 4.78 is 32.6. The number of aliphatic hydroxyl groups excluding tert-OH is 1. The highest BCUT2D eigenvalue weighted by molar-refractivity contribution is 6.31. The van der Waals surface area contributed by atoms with Crippen LogP contribution >= 0.6 is 11.6 Å². The Morgan fingerprint density at radius 2 is 2.16 bits per heavy atom. The molecule has 0 amide bonds. The summed E-state index contributed by atoms with van der Waals surface area (Å²) in [6, 6.07) is 0.434. The van der Waals surface area contributed by atoms with Gasteiger partial charge in [-0.15, -0.1) is 0 Å². The van der Waals surface area contributed by atoms with Crippen molar-refractivity contribution in [3.05, 3.63) is 44.0 Å². The van der Waals surface area contributed by atoms with Crippen LogP contribution in [0.1, 0.15) is 25.3 Å². The molecule has 0 spiro atoms. The van der Waals surface area contributed by atoms with Crippen LogP contribution in [0, 0.1) is 21.7 Å². The van der Waals surface area contributed by atoms with Crippen molar-refractivity contribution in [2.75, 3.05) is 6.61 Å². The standard InChI is InChI=1S/C15H13ClF2N2O5/c1-2-25-15(22)9(6-19-7-3-4-7)14(21)8-5-10(20(23)24)13(18)11(16)12(8)17/h5-7,21H,2-4H2,1H3. The smallest absolute Gasteiger partial charge is 0.343 e. The van der Waals surface area contributed by atoms with Crippen molar-refractivity contribution in [1.29, 1.82) is 0 Å². The highest BCUT2D eigenvalue weighted by Gasteiger charge is 2.29. The van der Waals surface area contributed by atoms with Gasteiger partial charge in [0.05, 0.1) is 23.1 Å². The van der Waals surface area contributed by atoms with Crippen molar-refractivity contribution in [3.8, 4) is 0 Å². The van der Waals surface area contributed by atoms with Crippen molar-refractivity contribution in [1.82, 2.24) is 0 Å². The van der Waals surface area contributed by atoms with Gasteiger partial charge in [0.15, 0.2) is 5.82 Å². The van der Waals surface area contributed by atoms with Crippen molar-refractivity contribution in [2.24, 2.45) is 4.99 Å². The number of halogens is 3. The molecule has 2 rings (SSSR count). The van der Waals surface area contributed by atoms with Crippen LogP contribution in [0.2, 0.25) is 5.02 Å². The van der Waals surface area contributed by atoms with Crippen molar-refractivity contribution >= 4 is 35.2 Å². The average Bonchev–Trinajstić information content (AvgIpc) is 3.37. The zero-order valence-electron chi connectivity index (χ0n) is 13.0. The van der Waals surface area contributed by atoms with Crippen LogP contribution in [-0.2, 0) is 9.53 Å². The number of carbonyl (C=O) groups excluding carboxylic acids is 1. The highest BCUT2D eigenvalue weighted by Crippen LogP contribution is 2.34. The number of nitrogens with zero attached hydrogens (tertiary/aromatic N) is 2. The number of hydrogen-bond donors (Lipinski definition) is 1. The first-order chi connectivity index (χ1) is 11.8. The molecule has 7 nitrogen and oxygen atoms in total. The molecule has 0 atom stereocenters. The van der Waals surface area contributed by atoms with E-state index in [4.69, 9.17) is 16.3 Å². The molecule has 25 heavy (non-hydrogen) atoms. The number of nitro benzene ring substituents is 1. The largest absolute Gasteiger partial charge is 0.506 e. The predicted molar refractivity (Wildman–Crippen MR) is 85.7 cm³/mol. The number of nitro groups is 1. The summed E-state index contributed by atoms with van der Waals surface area (Å²) in [5.41, 5.74) is -2.46. The molecular formula is C15H13ClF2N2O5. The minimum atomic E-state index is -1.58. The maximum Gasteiger partial charge on any atom is 0.343 e. The lowest BCUT2D eigenvalue weighted by atomic mass is 10.1. The Morgan fingerprint density at radius 3 is 2.68 bits per heavy atom. The third kappa shape index (κ3) is 4.11. The molecule has 0 bridgehead atoms. The van der Waals surface area contributed by atoms with Gasteiger partial charge in [0.2, 0.25) is 5.82 Å². The Hall–Kier alpha value is -2.55. The first kappa shape index (κ1) is 18.8. The number of aliphatic imine (C=N–C) groups is 1. The Labute approximate surface area is 145 Å². The Kier molecular flexibility index (Phi) is 5.68. The van der Waals surface area contributed by atoms with E-state index >= 15 is 0 Å². The minimum absolute atomic E-state index is 0.0202. The summed E-state index contributed by atoms with van der Waals surface area (Å²) in [7, 11) is 0. The van der Waals surface area contributed by atoms with E-state index in [9.17, 15) is 28.8 Å². The van der Waals surface area contributed by atoms with E-state index in [1.54, 1.807) is 0 Å². The monoisotopic (exact) mass is 374 g/mol. The summed E-state index contributed by atoms with van der Waals surface area (Å²) in [4.78, 5) is 25.7. The fourth-order valence-electron chi connectivity index (χ4n) is 1.86. The lowest BCUT2D eigenvalue weighted by Crippen LogP contribution is -2.12. The average molecular weight is 375 g/mol. The van der Waals surface area contributed by atoms with Crippen LogP contribution in [0.5, 0.6) is 0 Å². The number of esters is 1. The Morgan fingerprint density at radius 1 is 1.52 bits per heavy atom. The number of benzene rings is 1. The van der Waals surface area contributed by atoms with Gasteiger partial charge in [0.1, 0.15) is 16.4 Å². The van der Waals surface area contributed by atoms with Crippen molar-refractivity contribution in [3.63, 3.8) is 0 Å². The normalized spacial score (nSPS) is 15.2. The van der Waals surface area contributed by atoms with E-state index in [1.807, 2.05) is 0 Å². The third-order valence-corrected chi connectivity index (χ3v) is 3.62. The van der Waals surface area contributed by atoms with Crippen LogP contribution < -0.4 is 0 Å². The second kappa shape index (κ2) is 7.56. The number of hydrogen-bond acceptors (Lipinski definition) is 6. The summed E-state index contributed by atoms with van der Waals surface area (Å²) in [5, 5.41) is 19.9. The van der Waals surface area contributed by atoms with Crippen molar-refractivity contribution < 1.29 is 28.3 Å². The quantitative estimate of drug-likeness (QED) is 0.156. The Balaban J connectivity index is 2.62. The lowest BCUT2D eigenvalue weighted by molar-refractivity contribution is -0.387. The van der Waals surface area contributed by atoms with Gasteiger partial charge in [0, 0.05) is 12.3 Å². The molecule has 0 saturated heterocycles. The molecule has 1 aromatic rings. The molecule has 0 aromatic heterocycles. The zero-order chi connectivity index (χ0) is 18.7. The molecule has 0 unspecified atom stereocenters. The molecule has 1 aliphatic carbocycles. The topological polar surface area (TPSA) is 102 Å². The SMILES string of the molecule is CCOC(=O)C(C=NC1CC1)=C(O)c1cc([N+](=O)[O-])c(F)c(Cl)c1F. The first-order valence-corrected chi connectivity index (χ1v) is 7.61. The van der Waals surface area contributed by atoms with Gasteiger partial charge in [-0.25, -0.2) is 9.18 Å². The number of aliphatic hydroxyl groups is 1. The second-order valence-electron chi connectivity index (χ2n) is 5.13. The molecule has 1 N–H and O–H groups in total. The highest BCUT2D eigenvalue weighted by atomic mass is 35.5. The van der Waals surface area contributed by atoms with Crippen LogP contribution in [0.4, 0.5) is 14.5 Å².